The highest BCUT2D eigenvalue weighted by molar-refractivity contribution is 6.30. The number of aliphatic hydroxyl groups is 1. The molecule has 152 valence electrons. The van der Waals surface area contributed by atoms with Gasteiger partial charge in [0.15, 0.2) is 0 Å². The van der Waals surface area contributed by atoms with Crippen molar-refractivity contribution in [1.29, 1.82) is 0 Å². The maximum Gasteiger partial charge on any atom is 0.248 e. The lowest BCUT2D eigenvalue weighted by Crippen LogP contribution is -2.49. The van der Waals surface area contributed by atoms with Gasteiger partial charge in [0.2, 0.25) is 5.56 Å². The number of nitrogens with zero attached hydrogens (tertiary/aromatic N) is 2. The molecule has 29 heavy (non-hydrogen) atoms. The van der Waals surface area contributed by atoms with Crippen LogP contribution in [0.2, 0.25) is 5.02 Å². The maximum atomic E-state index is 11.4. The van der Waals surface area contributed by atoms with Gasteiger partial charge in [-0.15, -0.1) is 0 Å². The lowest BCUT2D eigenvalue weighted by molar-refractivity contribution is 0.0663. The third kappa shape index (κ3) is 5.09. The van der Waals surface area contributed by atoms with Crippen molar-refractivity contribution < 1.29 is 9.84 Å². The lowest BCUT2D eigenvalue weighted by Gasteiger charge is -2.36. The molecule has 0 spiro atoms. The van der Waals surface area contributed by atoms with Crippen LogP contribution < -0.4 is 15.2 Å². The number of rotatable bonds is 6. The van der Waals surface area contributed by atoms with E-state index in [2.05, 4.69) is 14.8 Å². The highest BCUT2D eigenvalue weighted by Gasteiger charge is 2.19. The standard InChI is InChI=1S/C22H24ClN3O3/c23-17-2-4-18(5-3-17)26-11-9-25(10-12-26)14-19(27)15-29-20-6-7-21-16(13-20)1-8-22(28)24-21/h1-8,13,19,27H,9-12,14-15H2,(H,24,28)/t19-/m0/s1. The summed E-state index contributed by atoms with van der Waals surface area (Å²) in [7, 11) is 0. The molecule has 2 aromatic carbocycles. The van der Waals surface area contributed by atoms with Gasteiger partial charge in [-0.1, -0.05) is 11.6 Å². The van der Waals surface area contributed by atoms with Crippen molar-refractivity contribution in [3.05, 3.63) is 70.0 Å². The fraction of sp³-hybridized carbons (Fsp3) is 0.318. The molecule has 1 aliphatic heterocycles. The summed E-state index contributed by atoms with van der Waals surface area (Å²) >= 11 is 5.96. The Kier molecular flexibility index (Phi) is 6.04. The summed E-state index contributed by atoms with van der Waals surface area (Å²) in [5, 5.41) is 12.0. The minimum Gasteiger partial charge on any atom is -0.491 e. The van der Waals surface area contributed by atoms with E-state index in [0.717, 1.165) is 42.1 Å². The number of H-pyrrole nitrogens is 1. The van der Waals surface area contributed by atoms with Crippen molar-refractivity contribution in [2.45, 2.75) is 6.10 Å². The molecule has 3 aromatic rings. The number of aromatic amines is 1. The van der Waals surface area contributed by atoms with Gasteiger partial charge < -0.3 is 19.7 Å². The minimum absolute atomic E-state index is 0.127. The van der Waals surface area contributed by atoms with Crippen LogP contribution in [-0.4, -0.2) is 60.4 Å². The third-order valence-corrected chi connectivity index (χ3v) is 5.42. The average Bonchev–Trinajstić information content (AvgIpc) is 2.73. The van der Waals surface area contributed by atoms with Crippen LogP contribution in [0.3, 0.4) is 0 Å². The normalized spacial score (nSPS) is 16.1. The Bertz CT molecular complexity index is 1010. The van der Waals surface area contributed by atoms with E-state index in [1.54, 1.807) is 12.1 Å². The van der Waals surface area contributed by atoms with Crippen molar-refractivity contribution in [2.24, 2.45) is 0 Å². The predicted octanol–water partition coefficient (Wildman–Crippen LogP) is 2.74. The molecular formula is C22H24ClN3O3. The van der Waals surface area contributed by atoms with Gasteiger partial charge >= 0.3 is 0 Å². The predicted molar refractivity (Wildman–Crippen MR) is 116 cm³/mol. The smallest absolute Gasteiger partial charge is 0.248 e. The molecule has 0 unspecified atom stereocenters. The number of pyridine rings is 1. The molecule has 1 fully saturated rings. The summed E-state index contributed by atoms with van der Waals surface area (Å²) in [6, 6.07) is 16.6. The Morgan fingerprint density at radius 2 is 1.79 bits per heavy atom. The fourth-order valence-corrected chi connectivity index (χ4v) is 3.73. The van der Waals surface area contributed by atoms with Crippen molar-refractivity contribution in [3.8, 4) is 5.75 Å². The zero-order valence-corrected chi connectivity index (χ0v) is 16.8. The van der Waals surface area contributed by atoms with Crippen LogP contribution in [0.5, 0.6) is 5.75 Å². The molecule has 0 bridgehead atoms. The maximum absolute atomic E-state index is 11.4. The Hall–Kier alpha value is -2.54. The van der Waals surface area contributed by atoms with Crippen molar-refractivity contribution in [1.82, 2.24) is 9.88 Å². The zero-order valence-electron chi connectivity index (χ0n) is 16.1. The van der Waals surface area contributed by atoms with Gasteiger partial charge in [-0.3, -0.25) is 9.69 Å². The van der Waals surface area contributed by atoms with Crippen LogP contribution in [0.25, 0.3) is 10.9 Å². The minimum atomic E-state index is -0.566. The van der Waals surface area contributed by atoms with Crippen LogP contribution in [0.1, 0.15) is 0 Å². The molecule has 1 aliphatic rings. The third-order valence-electron chi connectivity index (χ3n) is 5.17. The molecule has 1 saturated heterocycles. The van der Waals surface area contributed by atoms with Crippen LogP contribution in [0.4, 0.5) is 5.69 Å². The molecule has 0 amide bonds. The number of anilines is 1. The number of fused-ring (bicyclic) bond motifs is 1. The van der Waals surface area contributed by atoms with Crippen molar-refractivity contribution >= 4 is 28.2 Å². The number of nitrogens with one attached hydrogen (secondary N) is 1. The van der Waals surface area contributed by atoms with Gasteiger partial charge in [-0.2, -0.15) is 0 Å². The van der Waals surface area contributed by atoms with E-state index in [0.29, 0.717) is 12.3 Å². The summed E-state index contributed by atoms with van der Waals surface area (Å²) in [5.41, 5.74) is 1.82. The quantitative estimate of drug-likeness (QED) is 0.650. The molecule has 4 rings (SSSR count). The summed E-state index contributed by atoms with van der Waals surface area (Å²) in [5.74, 6) is 0.677. The second-order valence-electron chi connectivity index (χ2n) is 7.30. The van der Waals surface area contributed by atoms with E-state index in [4.69, 9.17) is 16.3 Å². The lowest BCUT2D eigenvalue weighted by atomic mass is 10.2. The molecule has 1 atom stereocenters. The molecule has 6 nitrogen and oxygen atoms in total. The molecule has 0 radical (unpaired) electrons. The van der Waals surface area contributed by atoms with Gasteiger partial charge in [-0.25, -0.2) is 0 Å². The van der Waals surface area contributed by atoms with Crippen LogP contribution >= 0.6 is 11.6 Å². The van der Waals surface area contributed by atoms with Crippen LogP contribution in [-0.2, 0) is 0 Å². The number of piperazine rings is 1. The average molecular weight is 414 g/mol. The van der Waals surface area contributed by atoms with Gasteiger partial charge in [0.05, 0.1) is 0 Å². The first kappa shape index (κ1) is 19.8. The Labute approximate surface area is 174 Å². The number of aliphatic hydroxyl groups excluding tert-OH is 1. The van der Waals surface area contributed by atoms with Crippen LogP contribution in [0.15, 0.2) is 59.4 Å². The topological polar surface area (TPSA) is 68.8 Å². The van der Waals surface area contributed by atoms with Gasteiger partial charge in [0, 0.05) is 60.4 Å². The first-order valence-electron chi connectivity index (χ1n) is 9.74. The van der Waals surface area contributed by atoms with Crippen molar-refractivity contribution in [2.75, 3.05) is 44.2 Å². The van der Waals surface area contributed by atoms with Gasteiger partial charge in [0.1, 0.15) is 18.5 Å². The fourth-order valence-electron chi connectivity index (χ4n) is 3.61. The summed E-state index contributed by atoms with van der Waals surface area (Å²) in [4.78, 5) is 18.7. The molecule has 7 heteroatoms. The number of benzene rings is 2. The van der Waals surface area contributed by atoms with Crippen LogP contribution in [0, 0.1) is 0 Å². The van der Waals surface area contributed by atoms with E-state index >= 15 is 0 Å². The summed E-state index contributed by atoms with van der Waals surface area (Å²) < 4.78 is 5.76. The number of hydrogen-bond acceptors (Lipinski definition) is 5. The SMILES string of the molecule is O=c1ccc2cc(OC[C@@H](O)CN3CCN(c4ccc(Cl)cc4)CC3)ccc2[nH]1. The van der Waals surface area contributed by atoms with E-state index in [1.807, 2.05) is 36.4 Å². The highest BCUT2D eigenvalue weighted by Crippen LogP contribution is 2.20. The number of halogens is 1. The van der Waals surface area contributed by atoms with E-state index in [9.17, 15) is 9.90 Å². The number of ether oxygens (including phenoxy) is 1. The Balaban J connectivity index is 1.25. The highest BCUT2D eigenvalue weighted by atomic mass is 35.5. The van der Waals surface area contributed by atoms with E-state index in [1.165, 1.54) is 11.8 Å². The number of β-amino-alcohol motifs (C(OH)–C–C–N with tert-alkyl or cyclic N) is 1. The van der Waals surface area contributed by atoms with E-state index < -0.39 is 6.10 Å². The summed E-state index contributed by atoms with van der Waals surface area (Å²) in [6.07, 6.45) is -0.566. The van der Waals surface area contributed by atoms with Gasteiger partial charge in [-0.05, 0) is 48.5 Å². The number of aromatic nitrogens is 1. The molecule has 2 N–H and O–H groups in total. The Morgan fingerprint density at radius 1 is 1.03 bits per heavy atom. The molecule has 2 heterocycles. The molecule has 0 saturated carbocycles. The second-order valence-corrected chi connectivity index (χ2v) is 7.74. The Morgan fingerprint density at radius 3 is 2.55 bits per heavy atom. The first-order chi connectivity index (χ1) is 14.1. The number of hydrogen-bond donors (Lipinski definition) is 2. The molecular weight excluding hydrogens is 390 g/mol. The van der Waals surface area contributed by atoms with Gasteiger partial charge in [0.25, 0.3) is 0 Å². The monoisotopic (exact) mass is 413 g/mol. The second kappa shape index (κ2) is 8.86. The first-order valence-corrected chi connectivity index (χ1v) is 10.1. The zero-order chi connectivity index (χ0) is 20.2. The molecule has 1 aromatic heterocycles. The summed E-state index contributed by atoms with van der Waals surface area (Å²) in [6.45, 7) is 4.42. The van der Waals surface area contributed by atoms with Crippen molar-refractivity contribution in [3.63, 3.8) is 0 Å². The largest absolute Gasteiger partial charge is 0.491 e. The van der Waals surface area contributed by atoms with E-state index in [-0.39, 0.29) is 12.2 Å². The molecule has 0 aliphatic carbocycles.